The van der Waals surface area contributed by atoms with Crippen LogP contribution in [0.4, 0.5) is 0 Å². The molecule has 0 bridgehead atoms. The van der Waals surface area contributed by atoms with Crippen LogP contribution < -0.4 is 0 Å². The molecule has 0 N–H and O–H groups in total. The van der Waals surface area contributed by atoms with E-state index in [2.05, 4.69) is 16.8 Å². The Labute approximate surface area is 195 Å². The van der Waals surface area contributed by atoms with Crippen LogP contribution in [0.3, 0.4) is 0 Å². The minimum absolute atomic E-state index is 0.00945. The molecule has 0 unspecified atom stereocenters. The first-order valence-electron chi connectivity index (χ1n) is 10.4. The number of nitrogens with zero attached hydrogens (tertiary/aromatic N) is 4. The molecule has 2 aliphatic heterocycles. The van der Waals surface area contributed by atoms with Crippen LogP contribution in [0.1, 0.15) is 24.8 Å². The number of carbonyl (C=O) groups excluding carboxylic acids is 1. The van der Waals surface area contributed by atoms with Crippen molar-refractivity contribution in [3.05, 3.63) is 52.6 Å². The van der Waals surface area contributed by atoms with E-state index >= 15 is 0 Å². The quantitative estimate of drug-likeness (QED) is 0.519. The number of hydrogen-bond donors (Lipinski definition) is 0. The Hall–Kier alpha value is -2.38. The third kappa shape index (κ3) is 3.82. The van der Waals surface area contributed by atoms with Gasteiger partial charge < -0.3 is 4.90 Å². The van der Waals surface area contributed by atoms with E-state index < -0.39 is 10.0 Å². The van der Waals surface area contributed by atoms with Gasteiger partial charge in [-0.15, -0.1) is 11.3 Å². The maximum atomic E-state index is 13.3. The molecule has 3 aromatic rings. The fraction of sp³-hybridized carbons (Fsp3) is 0.364. The second-order valence-electron chi connectivity index (χ2n) is 8.26. The molecule has 1 spiro atoms. The van der Waals surface area contributed by atoms with Crippen LogP contribution in [0.5, 0.6) is 0 Å². The van der Waals surface area contributed by atoms with E-state index in [4.69, 9.17) is 11.6 Å². The summed E-state index contributed by atoms with van der Waals surface area (Å²) in [6.45, 7) is 2.04. The number of rotatable bonds is 2. The number of hydrogen-bond acceptors (Lipinski definition) is 5. The molecule has 0 aliphatic carbocycles. The first-order valence-corrected chi connectivity index (χ1v) is 13.1. The lowest BCUT2D eigenvalue weighted by molar-refractivity contribution is -0.127. The van der Waals surface area contributed by atoms with Crippen LogP contribution in [-0.4, -0.2) is 59.1 Å². The van der Waals surface area contributed by atoms with E-state index in [1.54, 1.807) is 20.9 Å². The zero-order chi connectivity index (χ0) is 22.3. The summed E-state index contributed by atoms with van der Waals surface area (Å²) in [4.78, 5) is 19.0. The van der Waals surface area contributed by atoms with Gasteiger partial charge in [0.15, 0.2) is 15.1 Å². The Balaban J connectivity index is 1.26. The fourth-order valence-corrected chi connectivity index (χ4v) is 7.47. The first kappa shape index (κ1) is 21.5. The number of imidazole rings is 1. The van der Waals surface area contributed by atoms with Gasteiger partial charge in [0.25, 0.3) is 15.9 Å². The van der Waals surface area contributed by atoms with Crippen LogP contribution >= 0.6 is 22.9 Å². The van der Waals surface area contributed by atoms with Gasteiger partial charge in [-0.05, 0) is 36.8 Å². The molecule has 0 atom stereocenters. The van der Waals surface area contributed by atoms with Crippen molar-refractivity contribution in [3.63, 3.8) is 0 Å². The zero-order valence-corrected chi connectivity index (χ0v) is 19.6. The highest BCUT2D eigenvalue weighted by Gasteiger charge is 2.46. The molecule has 0 saturated carbocycles. The molecule has 5 rings (SSSR count). The van der Waals surface area contributed by atoms with Crippen molar-refractivity contribution in [3.8, 4) is 11.8 Å². The molecule has 2 aromatic heterocycles. The number of aromatic nitrogens is 2. The highest BCUT2D eigenvalue weighted by molar-refractivity contribution is 7.89. The van der Waals surface area contributed by atoms with Crippen molar-refractivity contribution < 1.29 is 13.2 Å². The summed E-state index contributed by atoms with van der Waals surface area (Å²) in [5, 5.41) is 1.84. The van der Waals surface area contributed by atoms with Gasteiger partial charge >= 0.3 is 0 Å². The summed E-state index contributed by atoms with van der Waals surface area (Å²) < 4.78 is 29.8. The maximum Gasteiger partial charge on any atom is 0.298 e. The third-order valence-electron chi connectivity index (χ3n) is 6.36. The number of amides is 1. The monoisotopic (exact) mass is 488 g/mol. The van der Waals surface area contributed by atoms with Gasteiger partial charge in [-0.2, -0.15) is 4.31 Å². The molecule has 2 fully saturated rings. The minimum Gasteiger partial charge on any atom is -0.332 e. The number of thiazole rings is 1. The van der Waals surface area contributed by atoms with Gasteiger partial charge in [0.1, 0.15) is 0 Å². The fourth-order valence-electron chi connectivity index (χ4n) is 4.51. The van der Waals surface area contributed by atoms with Gasteiger partial charge in [-0.1, -0.05) is 35.7 Å². The van der Waals surface area contributed by atoms with E-state index in [1.165, 1.54) is 15.6 Å². The van der Waals surface area contributed by atoms with Gasteiger partial charge in [-0.25, -0.2) is 13.4 Å². The van der Waals surface area contributed by atoms with Crippen molar-refractivity contribution in [2.75, 3.05) is 26.2 Å². The number of likely N-dealkylation sites (tertiary alicyclic amines) is 1. The van der Waals surface area contributed by atoms with Gasteiger partial charge in [-0.3, -0.25) is 9.20 Å². The molecular formula is C22H21ClN4O3S2. The average Bonchev–Trinajstić information content (AvgIpc) is 3.48. The molecule has 166 valence electrons. The Morgan fingerprint density at radius 2 is 1.84 bits per heavy atom. The highest BCUT2D eigenvalue weighted by atomic mass is 35.5. The average molecular weight is 489 g/mol. The molecule has 0 radical (unpaired) electrons. The molecule has 2 saturated heterocycles. The standard InChI is InChI=1S/C22H21ClN4O3S2/c23-19-20(27-14-15-31-21(27)24-19)32(29,30)26-13-10-22(16-26)8-11-25(12-9-22)18(28)7-6-17-4-2-1-3-5-17/h1-5,14-15H,8-13,16H2. The number of benzene rings is 1. The second-order valence-corrected chi connectivity index (χ2v) is 11.3. The van der Waals surface area contributed by atoms with E-state index in [0.29, 0.717) is 31.1 Å². The molecule has 32 heavy (non-hydrogen) atoms. The van der Waals surface area contributed by atoms with E-state index in [1.807, 2.05) is 30.3 Å². The van der Waals surface area contributed by atoms with Crippen LogP contribution in [0.25, 0.3) is 4.96 Å². The molecule has 2 aliphatic rings. The maximum absolute atomic E-state index is 13.3. The molecule has 7 nitrogen and oxygen atoms in total. The van der Waals surface area contributed by atoms with Gasteiger partial charge in [0.2, 0.25) is 0 Å². The lowest BCUT2D eigenvalue weighted by Crippen LogP contribution is -2.44. The predicted octanol–water partition coefficient (Wildman–Crippen LogP) is 3.10. The van der Waals surface area contributed by atoms with E-state index in [-0.39, 0.29) is 21.5 Å². The first-order chi connectivity index (χ1) is 15.4. The van der Waals surface area contributed by atoms with Gasteiger partial charge in [0, 0.05) is 49.2 Å². The predicted molar refractivity (Wildman–Crippen MR) is 123 cm³/mol. The molecule has 10 heteroatoms. The summed E-state index contributed by atoms with van der Waals surface area (Å²) in [7, 11) is -3.76. The number of carbonyl (C=O) groups is 1. The molecular weight excluding hydrogens is 468 g/mol. The van der Waals surface area contributed by atoms with Crippen molar-refractivity contribution >= 4 is 43.8 Å². The van der Waals surface area contributed by atoms with E-state index in [9.17, 15) is 13.2 Å². The van der Waals surface area contributed by atoms with Gasteiger partial charge in [0.05, 0.1) is 0 Å². The minimum atomic E-state index is -3.76. The Kier molecular flexibility index (Phi) is 5.50. The molecule has 1 aromatic carbocycles. The summed E-state index contributed by atoms with van der Waals surface area (Å²) in [6, 6.07) is 9.43. The lowest BCUT2D eigenvalue weighted by atomic mass is 9.78. The smallest absolute Gasteiger partial charge is 0.298 e. The van der Waals surface area contributed by atoms with Crippen LogP contribution in [-0.2, 0) is 14.8 Å². The summed E-state index contributed by atoms with van der Waals surface area (Å²) in [6.07, 6.45) is 3.96. The summed E-state index contributed by atoms with van der Waals surface area (Å²) >= 11 is 7.53. The van der Waals surface area contributed by atoms with Crippen LogP contribution in [0.2, 0.25) is 5.15 Å². The Bertz CT molecular complexity index is 1330. The Morgan fingerprint density at radius 3 is 2.59 bits per heavy atom. The SMILES string of the molecule is O=C(C#Cc1ccccc1)N1CCC2(CC1)CCN(S(=O)(=O)c1c(Cl)nc3sccn13)C2. The molecule has 1 amide bonds. The van der Waals surface area contributed by atoms with Crippen LogP contribution in [0, 0.1) is 17.3 Å². The largest absolute Gasteiger partial charge is 0.332 e. The highest BCUT2D eigenvalue weighted by Crippen LogP contribution is 2.43. The number of fused-ring (bicyclic) bond motifs is 1. The zero-order valence-electron chi connectivity index (χ0n) is 17.2. The van der Waals surface area contributed by atoms with E-state index in [0.717, 1.165) is 24.8 Å². The molecule has 4 heterocycles. The normalized spacial score (nSPS) is 18.7. The van der Waals surface area contributed by atoms with Crippen molar-refractivity contribution in [1.82, 2.24) is 18.6 Å². The summed E-state index contributed by atoms with van der Waals surface area (Å²) in [5.41, 5.74) is 0.686. The lowest BCUT2D eigenvalue weighted by Gasteiger charge is -2.38. The van der Waals surface area contributed by atoms with Crippen molar-refractivity contribution in [2.45, 2.75) is 24.3 Å². The Morgan fingerprint density at radius 1 is 1.12 bits per heavy atom. The number of piperidine rings is 1. The second kappa shape index (κ2) is 8.19. The summed E-state index contributed by atoms with van der Waals surface area (Å²) in [5.74, 6) is 5.46. The third-order valence-corrected chi connectivity index (χ3v) is 9.37. The van der Waals surface area contributed by atoms with Crippen molar-refractivity contribution in [2.24, 2.45) is 5.41 Å². The van der Waals surface area contributed by atoms with Crippen LogP contribution in [0.15, 0.2) is 46.9 Å². The topological polar surface area (TPSA) is 75.0 Å². The number of halogens is 1. The van der Waals surface area contributed by atoms with Crippen molar-refractivity contribution in [1.29, 1.82) is 0 Å². The number of sulfonamides is 1.